The molecule has 1 saturated carbocycles. The van der Waals surface area contributed by atoms with E-state index in [4.69, 9.17) is 0 Å². The summed E-state index contributed by atoms with van der Waals surface area (Å²) in [6, 6.07) is 0.312. The maximum atomic E-state index is 11.4. The quantitative estimate of drug-likeness (QED) is 0.770. The molecule has 0 aromatic rings. The number of carboxylic acids is 1. The number of hydrogen-bond donors (Lipinski definition) is 1. The Morgan fingerprint density at radius 2 is 2.00 bits per heavy atom. The van der Waals surface area contributed by atoms with Crippen LogP contribution < -0.4 is 0 Å². The molecular formula is C14H25NO2. The minimum atomic E-state index is -0.572. The fourth-order valence-electron chi connectivity index (χ4n) is 3.51. The van der Waals surface area contributed by atoms with Crippen LogP contribution in [-0.2, 0) is 4.79 Å². The fourth-order valence-corrected chi connectivity index (χ4v) is 3.51. The first-order chi connectivity index (χ1) is 8.22. The van der Waals surface area contributed by atoms with Crippen LogP contribution in [0.1, 0.15) is 51.9 Å². The third-order valence-electron chi connectivity index (χ3n) is 4.66. The highest BCUT2D eigenvalue weighted by Gasteiger charge is 2.36. The number of carbonyl (C=O) groups is 1. The van der Waals surface area contributed by atoms with Crippen molar-refractivity contribution in [3.8, 4) is 0 Å². The zero-order chi connectivity index (χ0) is 12.3. The summed E-state index contributed by atoms with van der Waals surface area (Å²) in [5.41, 5.74) is 0. The van der Waals surface area contributed by atoms with E-state index in [0.717, 1.165) is 38.3 Å². The van der Waals surface area contributed by atoms with E-state index in [0.29, 0.717) is 6.04 Å². The molecule has 1 saturated heterocycles. The first-order valence-corrected chi connectivity index (χ1v) is 7.19. The number of nitrogens with zero attached hydrogens (tertiary/aromatic N) is 1. The lowest BCUT2D eigenvalue weighted by Gasteiger charge is -2.31. The standard InChI is InChI=1S/C14H25NO2/c1-2-11-8-9-15(10-11)13-7-5-3-4-6-12(13)14(16)17/h11-13H,2-10H2,1H3,(H,16,17). The predicted molar refractivity (Wildman–Crippen MR) is 68.0 cm³/mol. The summed E-state index contributed by atoms with van der Waals surface area (Å²) < 4.78 is 0. The molecule has 0 radical (unpaired) electrons. The topological polar surface area (TPSA) is 40.5 Å². The Balaban J connectivity index is 2.02. The van der Waals surface area contributed by atoms with Gasteiger partial charge < -0.3 is 5.11 Å². The van der Waals surface area contributed by atoms with Gasteiger partial charge in [-0.1, -0.05) is 32.6 Å². The first-order valence-electron chi connectivity index (χ1n) is 7.19. The molecule has 1 aliphatic carbocycles. The lowest BCUT2D eigenvalue weighted by molar-refractivity contribution is -0.144. The molecule has 1 heterocycles. The van der Waals surface area contributed by atoms with Crippen molar-refractivity contribution in [2.45, 2.75) is 57.9 Å². The van der Waals surface area contributed by atoms with Crippen molar-refractivity contribution >= 4 is 5.97 Å². The summed E-state index contributed by atoms with van der Waals surface area (Å²) in [6.45, 7) is 4.49. The van der Waals surface area contributed by atoms with E-state index in [1.54, 1.807) is 0 Å². The van der Waals surface area contributed by atoms with Crippen molar-refractivity contribution in [2.24, 2.45) is 11.8 Å². The number of rotatable bonds is 3. The van der Waals surface area contributed by atoms with Crippen LogP contribution in [0.25, 0.3) is 0 Å². The van der Waals surface area contributed by atoms with E-state index >= 15 is 0 Å². The second kappa shape index (κ2) is 5.85. The van der Waals surface area contributed by atoms with E-state index in [2.05, 4.69) is 11.8 Å². The van der Waals surface area contributed by atoms with Crippen LogP contribution >= 0.6 is 0 Å². The fraction of sp³-hybridized carbons (Fsp3) is 0.929. The molecule has 0 aromatic carbocycles. The molecule has 0 aromatic heterocycles. The SMILES string of the molecule is CCC1CCN(C2CCCCCC2C(=O)O)C1. The van der Waals surface area contributed by atoms with E-state index in [9.17, 15) is 9.90 Å². The molecule has 3 atom stereocenters. The van der Waals surface area contributed by atoms with Gasteiger partial charge in [-0.05, 0) is 31.7 Å². The second-order valence-electron chi connectivity index (χ2n) is 5.71. The van der Waals surface area contributed by atoms with Crippen molar-refractivity contribution in [3.05, 3.63) is 0 Å². The molecule has 2 rings (SSSR count). The summed E-state index contributed by atoms with van der Waals surface area (Å²) in [5.74, 6) is 0.109. The molecule has 0 spiro atoms. The van der Waals surface area contributed by atoms with Gasteiger partial charge in [0.15, 0.2) is 0 Å². The third-order valence-corrected chi connectivity index (χ3v) is 4.66. The summed E-state index contributed by atoms with van der Waals surface area (Å²) in [6.07, 6.45) is 7.99. The Morgan fingerprint density at radius 3 is 2.65 bits per heavy atom. The number of aliphatic carboxylic acids is 1. The van der Waals surface area contributed by atoms with Crippen molar-refractivity contribution in [2.75, 3.05) is 13.1 Å². The van der Waals surface area contributed by atoms with E-state index in [-0.39, 0.29) is 5.92 Å². The van der Waals surface area contributed by atoms with Crippen LogP contribution in [0, 0.1) is 11.8 Å². The number of hydrogen-bond acceptors (Lipinski definition) is 2. The lowest BCUT2D eigenvalue weighted by Crippen LogP contribution is -2.42. The Labute approximate surface area is 104 Å². The molecule has 0 bridgehead atoms. The largest absolute Gasteiger partial charge is 0.481 e. The molecule has 2 fully saturated rings. The molecule has 98 valence electrons. The third kappa shape index (κ3) is 3.01. The van der Waals surface area contributed by atoms with Gasteiger partial charge >= 0.3 is 5.97 Å². The van der Waals surface area contributed by atoms with Crippen molar-refractivity contribution in [1.82, 2.24) is 4.90 Å². The van der Waals surface area contributed by atoms with Crippen molar-refractivity contribution in [3.63, 3.8) is 0 Å². The molecule has 1 aliphatic heterocycles. The van der Waals surface area contributed by atoms with Crippen LogP contribution in [-0.4, -0.2) is 35.1 Å². The van der Waals surface area contributed by atoms with Gasteiger partial charge in [-0.25, -0.2) is 0 Å². The van der Waals surface area contributed by atoms with Crippen LogP contribution in [0.2, 0.25) is 0 Å². The molecule has 3 unspecified atom stereocenters. The smallest absolute Gasteiger partial charge is 0.308 e. The molecule has 3 nitrogen and oxygen atoms in total. The highest BCUT2D eigenvalue weighted by atomic mass is 16.4. The highest BCUT2D eigenvalue weighted by molar-refractivity contribution is 5.70. The lowest BCUT2D eigenvalue weighted by atomic mass is 9.93. The molecule has 2 aliphatic rings. The first kappa shape index (κ1) is 12.9. The average molecular weight is 239 g/mol. The van der Waals surface area contributed by atoms with Gasteiger partial charge in [0, 0.05) is 12.6 Å². The summed E-state index contributed by atoms with van der Waals surface area (Å²) in [4.78, 5) is 13.9. The van der Waals surface area contributed by atoms with E-state index in [1.165, 1.54) is 25.7 Å². The van der Waals surface area contributed by atoms with Gasteiger partial charge in [0.05, 0.1) is 5.92 Å². The van der Waals surface area contributed by atoms with Gasteiger partial charge in [0.1, 0.15) is 0 Å². The minimum absolute atomic E-state index is 0.117. The van der Waals surface area contributed by atoms with Crippen molar-refractivity contribution < 1.29 is 9.90 Å². The van der Waals surface area contributed by atoms with Gasteiger partial charge in [-0.2, -0.15) is 0 Å². The van der Waals surface area contributed by atoms with Crippen LogP contribution in [0.5, 0.6) is 0 Å². The predicted octanol–water partition coefficient (Wildman–Crippen LogP) is 2.75. The second-order valence-corrected chi connectivity index (χ2v) is 5.71. The zero-order valence-corrected chi connectivity index (χ0v) is 10.9. The van der Waals surface area contributed by atoms with Gasteiger partial charge in [-0.3, -0.25) is 9.69 Å². The van der Waals surface area contributed by atoms with Crippen molar-refractivity contribution in [1.29, 1.82) is 0 Å². The van der Waals surface area contributed by atoms with Gasteiger partial charge in [-0.15, -0.1) is 0 Å². The van der Waals surface area contributed by atoms with E-state index in [1.807, 2.05) is 0 Å². The molecule has 0 amide bonds. The van der Waals surface area contributed by atoms with Crippen LogP contribution in [0.15, 0.2) is 0 Å². The maximum Gasteiger partial charge on any atom is 0.308 e. The maximum absolute atomic E-state index is 11.4. The Kier molecular flexibility index (Phi) is 4.43. The summed E-state index contributed by atoms with van der Waals surface area (Å²) in [7, 11) is 0. The van der Waals surface area contributed by atoms with Crippen LogP contribution in [0.3, 0.4) is 0 Å². The Morgan fingerprint density at radius 1 is 1.24 bits per heavy atom. The molecule has 3 heteroatoms. The zero-order valence-electron chi connectivity index (χ0n) is 10.9. The average Bonchev–Trinajstić information content (AvgIpc) is 2.65. The number of likely N-dealkylation sites (tertiary alicyclic amines) is 1. The molecule has 17 heavy (non-hydrogen) atoms. The Bertz CT molecular complexity index is 267. The summed E-state index contributed by atoms with van der Waals surface area (Å²) >= 11 is 0. The molecular weight excluding hydrogens is 214 g/mol. The summed E-state index contributed by atoms with van der Waals surface area (Å²) in [5, 5.41) is 9.39. The van der Waals surface area contributed by atoms with Gasteiger partial charge in [0.2, 0.25) is 0 Å². The Hall–Kier alpha value is -0.570. The molecule has 1 N–H and O–H groups in total. The van der Waals surface area contributed by atoms with E-state index < -0.39 is 5.97 Å². The van der Waals surface area contributed by atoms with Crippen LogP contribution in [0.4, 0.5) is 0 Å². The normalized spacial score (nSPS) is 35.7. The number of carboxylic acid groups (broad SMARTS) is 1. The highest BCUT2D eigenvalue weighted by Crippen LogP contribution is 2.31. The minimum Gasteiger partial charge on any atom is -0.481 e. The monoisotopic (exact) mass is 239 g/mol. The van der Waals surface area contributed by atoms with Gasteiger partial charge in [0.25, 0.3) is 0 Å².